The van der Waals surface area contributed by atoms with E-state index in [0.29, 0.717) is 0 Å². The molecule has 3 heterocycles. The number of hydrogen-bond donors (Lipinski definition) is 9. The van der Waals surface area contributed by atoms with E-state index in [9.17, 15) is 50.8 Å². The smallest absolute Gasteiger partial charge is 0.239 e. The lowest BCUT2D eigenvalue weighted by Gasteiger charge is -2.42. The van der Waals surface area contributed by atoms with Gasteiger partial charge in [-0.1, -0.05) is 0 Å². The first-order valence-corrected chi connectivity index (χ1v) is 13.4. The zero-order valence-corrected chi connectivity index (χ0v) is 23.3. The van der Waals surface area contributed by atoms with Crippen LogP contribution in [0, 0.1) is 0 Å². The summed E-state index contributed by atoms with van der Waals surface area (Å²) in [6.45, 7) is 0.841. The van der Waals surface area contributed by atoms with Gasteiger partial charge in [-0.05, 0) is 25.1 Å². The number of aliphatic hydroxyl groups is 6. The highest BCUT2D eigenvalue weighted by atomic mass is 16.7. The maximum absolute atomic E-state index is 13.7. The van der Waals surface area contributed by atoms with Crippen LogP contribution in [0.15, 0.2) is 39.5 Å². The predicted octanol–water partition coefficient (Wildman–Crippen LogP) is -1.38. The molecule has 0 spiro atoms. The maximum atomic E-state index is 13.7. The molecule has 2 saturated heterocycles. The average Bonchev–Trinajstić information content (AvgIpc) is 3.00. The minimum atomic E-state index is -1.95. The van der Waals surface area contributed by atoms with Crippen molar-refractivity contribution in [2.45, 2.75) is 68.3 Å². The Morgan fingerprint density at radius 3 is 2.14 bits per heavy atom. The second kappa shape index (κ2) is 12.4. The van der Waals surface area contributed by atoms with Gasteiger partial charge in [0.2, 0.25) is 17.5 Å². The lowest BCUT2D eigenvalue weighted by Crippen LogP contribution is -2.61. The van der Waals surface area contributed by atoms with E-state index in [1.54, 1.807) is 0 Å². The molecule has 16 heteroatoms. The Kier molecular flexibility index (Phi) is 8.90. The van der Waals surface area contributed by atoms with Crippen LogP contribution in [0.1, 0.15) is 6.92 Å². The number of phenols is 3. The van der Waals surface area contributed by atoms with Crippen molar-refractivity contribution in [2.24, 2.45) is 0 Å². The SMILES string of the molecule is COc1cc(O)c2c(=O)c(O[C@H]3O[C@@H](CO[C@H]4O[C@@H](C)[C@@H](O)[C@H](O)[C@@H]4O)[C@H](O)[C@@H](O)[C@@H]3O)c(-c3ccc(O)c(O)c3)oc2c1. The van der Waals surface area contributed by atoms with E-state index < -0.39 is 96.4 Å². The Bertz CT molecular complexity index is 1560. The van der Waals surface area contributed by atoms with E-state index in [1.807, 2.05) is 0 Å². The standard InChI is InChI=1S/C28H32O16/c1-9-18(32)21(35)23(37)27(41-9)40-8-16-19(33)22(36)24(38)28(43-16)44-26-20(34)17-14(31)6-11(39-2)7-15(17)42-25(26)10-3-4-12(29)13(30)5-10/h3-7,9,16,18-19,21-24,27-33,35-38H,8H2,1-2H3/t9-,16-,18+,19-,21-,22+,23-,24-,27-,28+/m0/s1. The molecule has 1 aromatic heterocycles. The Balaban J connectivity index is 1.49. The fourth-order valence-electron chi connectivity index (χ4n) is 4.95. The number of aromatic hydroxyl groups is 3. The first kappa shape index (κ1) is 31.7. The molecule has 2 aromatic carbocycles. The Labute approximate surface area is 248 Å². The molecular formula is C28H32O16. The normalized spacial score (nSPS) is 32.5. The number of ether oxygens (including phenoxy) is 5. The molecule has 3 aromatic rings. The lowest BCUT2D eigenvalue weighted by atomic mass is 9.98. The molecule has 0 saturated carbocycles. The molecule has 2 aliphatic heterocycles. The molecule has 0 amide bonds. The van der Waals surface area contributed by atoms with Gasteiger partial charge in [-0.25, -0.2) is 0 Å². The topological polar surface area (TPSA) is 258 Å². The Morgan fingerprint density at radius 2 is 1.45 bits per heavy atom. The molecule has 5 rings (SSSR count). The van der Waals surface area contributed by atoms with Crippen molar-refractivity contribution in [1.29, 1.82) is 0 Å². The summed E-state index contributed by atoms with van der Waals surface area (Å²) in [5, 5.41) is 92.1. The molecular weight excluding hydrogens is 592 g/mol. The number of methoxy groups -OCH3 is 1. The van der Waals surface area contributed by atoms with Crippen LogP contribution in [0.5, 0.6) is 28.7 Å². The van der Waals surface area contributed by atoms with Crippen molar-refractivity contribution >= 4 is 11.0 Å². The third kappa shape index (κ3) is 5.74. The van der Waals surface area contributed by atoms with Crippen molar-refractivity contribution in [3.63, 3.8) is 0 Å². The first-order chi connectivity index (χ1) is 20.8. The second-order valence-electron chi connectivity index (χ2n) is 10.5. The molecule has 2 fully saturated rings. The molecule has 2 aliphatic rings. The number of benzene rings is 2. The summed E-state index contributed by atoms with van der Waals surface area (Å²) in [7, 11) is 1.32. The van der Waals surface area contributed by atoms with Gasteiger partial charge < -0.3 is 74.1 Å². The molecule has 44 heavy (non-hydrogen) atoms. The van der Waals surface area contributed by atoms with Gasteiger partial charge in [0.05, 0.1) is 19.8 Å². The third-order valence-electron chi connectivity index (χ3n) is 7.52. The summed E-state index contributed by atoms with van der Waals surface area (Å²) in [4.78, 5) is 13.7. The third-order valence-corrected chi connectivity index (χ3v) is 7.52. The summed E-state index contributed by atoms with van der Waals surface area (Å²) < 4.78 is 33.2. The van der Waals surface area contributed by atoms with Crippen molar-refractivity contribution < 1.29 is 74.1 Å². The van der Waals surface area contributed by atoms with E-state index >= 15 is 0 Å². The summed E-state index contributed by atoms with van der Waals surface area (Å²) in [5.41, 5.74) is -1.10. The van der Waals surface area contributed by atoms with Crippen LogP contribution in [0.3, 0.4) is 0 Å². The van der Waals surface area contributed by atoms with Crippen molar-refractivity contribution in [2.75, 3.05) is 13.7 Å². The van der Waals surface area contributed by atoms with E-state index in [4.69, 9.17) is 28.1 Å². The fourth-order valence-corrected chi connectivity index (χ4v) is 4.95. The van der Waals surface area contributed by atoms with Gasteiger partial charge in [-0.15, -0.1) is 0 Å². The van der Waals surface area contributed by atoms with E-state index in [0.717, 1.165) is 18.2 Å². The molecule has 240 valence electrons. The van der Waals surface area contributed by atoms with E-state index in [1.165, 1.54) is 26.2 Å². The highest BCUT2D eigenvalue weighted by molar-refractivity contribution is 5.88. The number of rotatable bonds is 7. The molecule has 16 nitrogen and oxygen atoms in total. The first-order valence-electron chi connectivity index (χ1n) is 13.4. The molecule has 0 aliphatic carbocycles. The number of fused-ring (bicyclic) bond motifs is 1. The maximum Gasteiger partial charge on any atom is 0.239 e. The zero-order chi connectivity index (χ0) is 32.0. The van der Waals surface area contributed by atoms with Gasteiger partial charge in [0.15, 0.2) is 23.5 Å². The zero-order valence-electron chi connectivity index (χ0n) is 23.3. The molecule has 10 atom stereocenters. The minimum Gasteiger partial charge on any atom is -0.507 e. The van der Waals surface area contributed by atoms with E-state index in [-0.39, 0.29) is 28.0 Å². The summed E-state index contributed by atoms with van der Waals surface area (Å²) in [5.74, 6) is -2.44. The molecule has 9 N–H and O–H groups in total. The van der Waals surface area contributed by atoms with Gasteiger partial charge in [-0.2, -0.15) is 0 Å². The van der Waals surface area contributed by atoms with Crippen LogP contribution in [0.4, 0.5) is 0 Å². The molecule has 0 radical (unpaired) electrons. The van der Waals surface area contributed by atoms with Crippen LogP contribution in [0.25, 0.3) is 22.3 Å². The Morgan fingerprint density at radius 1 is 0.773 bits per heavy atom. The van der Waals surface area contributed by atoms with Crippen LogP contribution >= 0.6 is 0 Å². The van der Waals surface area contributed by atoms with Gasteiger partial charge in [0, 0.05) is 17.7 Å². The quantitative estimate of drug-likeness (QED) is 0.137. The van der Waals surface area contributed by atoms with Crippen LogP contribution in [0.2, 0.25) is 0 Å². The molecule has 0 bridgehead atoms. The summed E-state index contributed by atoms with van der Waals surface area (Å²) in [6, 6.07) is 5.90. The summed E-state index contributed by atoms with van der Waals surface area (Å²) in [6.07, 6.45) is -16.0. The number of phenolic OH excluding ortho intramolecular Hbond substituents is 3. The monoisotopic (exact) mass is 624 g/mol. The van der Waals surface area contributed by atoms with Crippen LogP contribution in [-0.4, -0.2) is 121 Å². The van der Waals surface area contributed by atoms with Gasteiger partial charge in [-0.3, -0.25) is 4.79 Å². The van der Waals surface area contributed by atoms with E-state index in [2.05, 4.69) is 0 Å². The van der Waals surface area contributed by atoms with Crippen LogP contribution in [-0.2, 0) is 14.2 Å². The largest absolute Gasteiger partial charge is 0.507 e. The average molecular weight is 625 g/mol. The molecule has 0 unspecified atom stereocenters. The fraction of sp³-hybridized carbons (Fsp3) is 0.464. The van der Waals surface area contributed by atoms with Gasteiger partial charge in [0.1, 0.15) is 65.2 Å². The second-order valence-corrected chi connectivity index (χ2v) is 10.5. The number of aliphatic hydroxyl groups excluding tert-OH is 6. The number of hydrogen-bond acceptors (Lipinski definition) is 16. The Hall–Kier alpha value is -3.71. The summed E-state index contributed by atoms with van der Waals surface area (Å²) >= 11 is 0. The van der Waals surface area contributed by atoms with Gasteiger partial charge in [0.25, 0.3) is 0 Å². The van der Waals surface area contributed by atoms with Crippen LogP contribution < -0.4 is 14.9 Å². The van der Waals surface area contributed by atoms with Crippen molar-refractivity contribution in [3.8, 4) is 40.1 Å². The van der Waals surface area contributed by atoms with Gasteiger partial charge >= 0.3 is 0 Å². The predicted molar refractivity (Wildman–Crippen MR) is 145 cm³/mol. The minimum absolute atomic E-state index is 0.0145. The van der Waals surface area contributed by atoms with Crippen molar-refractivity contribution in [1.82, 2.24) is 0 Å². The highest BCUT2D eigenvalue weighted by Gasteiger charge is 2.47. The highest BCUT2D eigenvalue weighted by Crippen LogP contribution is 2.39. The lowest BCUT2D eigenvalue weighted by molar-refractivity contribution is -0.318. The van der Waals surface area contributed by atoms with Crippen molar-refractivity contribution in [3.05, 3.63) is 40.6 Å².